The number of carbonyl (C=O) groups is 2. The minimum atomic E-state index is 0.561. The van der Waals surface area contributed by atoms with Gasteiger partial charge in [-0.2, -0.15) is 0 Å². The van der Waals surface area contributed by atoms with Gasteiger partial charge >= 0.3 is 0 Å². The molecule has 0 unspecified atom stereocenters. The zero-order chi connectivity index (χ0) is 9.97. The van der Waals surface area contributed by atoms with Gasteiger partial charge in [-0.05, 0) is 24.6 Å². The van der Waals surface area contributed by atoms with Gasteiger partial charge in [0, 0.05) is 11.8 Å². The van der Waals surface area contributed by atoms with Gasteiger partial charge < -0.3 is 4.57 Å². The van der Waals surface area contributed by atoms with Crippen LogP contribution in [0.5, 0.6) is 0 Å². The van der Waals surface area contributed by atoms with Gasteiger partial charge in [0.05, 0.1) is 11.4 Å². The van der Waals surface area contributed by atoms with Gasteiger partial charge in [0.1, 0.15) is 6.29 Å². The third kappa shape index (κ3) is 1.23. The number of rotatable bonds is 3. The van der Waals surface area contributed by atoms with Crippen molar-refractivity contribution in [1.82, 2.24) is 4.57 Å². The highest BCUT2D eigenvalue weighted by Gasteiger charge is 2.11. The van der Waals surface area contributed by atoms with Crippen LogP contribution in [0.2, 0.25) is 0 Å². The van der Waals surface area contributed by atoms with Gasteiger partial charge in [0.25, 0.3) is 0 Å². The molecule has 1 heterocycles. The van der Waals surface area contributed by atoms with Crippen molar-refractivity contribution in [2.45, 2.75) is 6.42 Å². The quantitative estimate of drug-likeness (QED) is 0.675. The van der Waals surface area contributed by atoms with Gasteiger partial charge in [-0.3, -0.25) is 9.59 Å². The highest BCUT2D eigenvalue weighted by molar-refractivity contribution is 5.90. The molecule has 3 nitrogen and oxygen atoms in total. The molecular weight excluding hydrogens is 178 g/mol. The lowest BCUT2D eigenvalue weighted by atomic mass is 10.2. The molecule has 70 valence electrons. The Morgan fingerprint density at radius 1 is 1.29 bits per heavy atom. The van der Waals surface area contributed by atoms with Crippen LogP contribution in [0.15, 0.2) is 36.1 Å². The summed E-state index contributed by atoms with van der Waals surface area (Å²) in [4.78, 5) is 21.4. The zero-order valence-electron chi connectivity index (χ0n) is 7.51. The van der Waals surface area contributed by atoms with Gasteiger partial charge in [0.2, 0.25) is 0 Å². The van der Waals surface area contributed by atoms with E-state index in [1.165, 1.54) is 0 Å². The first-order valence-corrected chi connectivity index (χ1v) is 4.34. The summed E-state index contributed by atoms with van der Waals surface area (Å²) in [6.45, 7) is 0. The highest BCUT2D eigenvalue weighted by Crippen LogP contribution is 2.22. The summed E-state index contributed by atoms with van der Waals surface area (Å²) in [5.41, 5.74) is 2.07. The van der Waals surface area contributed by atoms with Crippen LogP contribution < -0.4 is 0 Å². The number of aromatic nitrogens is 1. The maximum Gasteiger partial charge on any atom is 0.166 e. The average molecular weight is 187 g/mol. The molecule has 0 atom stereocenters. The second kappa shape index (κ2) is 3.46. The first-order chi connectivity index (χ1) is 6.86. The maximum absolute atomic E-state index is 10.7. The topological polar surface area (TPSA) is 39.1 Å². The third-order valence-corrected chi connectivity index (χ3v) is 2.25. The van der Waals surface area contributed by atoms with E-state index in [1.807, 2.05) is 12.2 Å². The maximum atomic E-state index is 10.7. The van der Waals surface area contributed by atoms with E-state index >= 15 is 0 Å². The number of aldehydes is 2. The van der Waals surface area contributed by atoms with Gasteiger partial charge in [0.15, 0.2) is 6.29 Å². The predicted octanol–water partition coefficient (Wildman–Crippen LogP) is 1.67. The van der Waals surface area contributed by atoms with E-state index in [0.29, 0.717) is 17.7 Å². The first kappa shape index (κ1) is 8.69. The average Bonchev–Trinajstić information content (AvgIpc) is 2.85. The number of allylic oxidation sites excluding steroid dienone is 4. The lowest BCUT2D eigenvalue weighted by Crippen LogP contribution is -1.99. The first-order valence-electron chi connectivity index (χ1n) is 4.34. The molecule has 0 radical (unpaired) electrons. The van der Waals surface area contributed by atoms with Crippen LogP contribution in [0, 0.1) is 0 Å². The standard InChI is InChI=1S/C11H9NO2/c13-7-9-3-1-5-11(9)12-6-2-4-10(12)8-14/h1-2,4-8H,3H2. The molecule has 0 aromatic carbocycles. The molecule has 0 saturated heterocycles. The van der Waals surface area contributed by atoms with Crippen molar-refractivity contribution in [1.29, 1.82) is 0 Å². The van der Waals surface area contributed by atoms with E-state index in [0.717, 1.165) is 18.3 Å². The van der Waals surface area contributed by atoms with E-state index in [-0.39, 0.29) is 0 Å². The fraction of sp³-hybridized carbons (Fsp3) is 0.0909. The lowest BCUT2D eigenvalue weighted by molar-refractivity contribution is -0.104. The van der Waals surface area contributed by atoms with Crippen molar-refractivity contribution >= 4 is 18.3 Å². The molecule has 2 rings (SSSR count). The fourth-order valence-electron chi connectivity index (χ4n) is 1.56. The minimum absolute atomic E-state index is 0.561. The van der Waals surface area contributed by atoms with Gasteiger partial charge in [-0.15, -0.1) is 0 Å². The Balaban J connectivity index is 2.53. The molecule has 1 aromatic heterocycles. The van der Waals surface area contributed by atoms with Crippen LogP contribution in [0.4, 0.5) is 0 Å². The molecule has 0 N–H and O–H groups in total. The van der Waals surface area contributed by atoms with Crippen LogP contribution in [0.25, 0.3) is 5.70 Å². The van der Waals surface area contributed by atoms with Crippen molar-refractivity contribution in [3.05, 3.63) is 41.7 Å². The Morgan fingerprint density at radius 3 is 2.86 bits per heavy atom. The van der Waals surface area contributed by atoms with Crippen LogP contribution in [0.3, 0.4) is 0 Å². The summed E-state index contributed by atoms with van der Waals surface area (Å²) in [5.74, 6) is 0. The largest absolute Gasteiger partial charge is 0.314 e. The molecule has 1 aliphatic rings. The van der Waals surface area contributed by atoms with Crippen LogP contribution >= 0.6 is 0 Å². The van der Waals surface area contributed by atoms with Crippen LogP contribution in [-0.2, 0) is 4.79 Å². The second-order valence-corrected chi connectivity index (χ2v) is 3.06. The molecular formula is C11H9NO2. The normalized spacial score (nSPS) is 14.9. The Kier molecular flexibility index (Phi) is 2.14. The molecule has 1 aromatic rings. The van der Waals surface area contributed by atoms with Crippen LogP contribution in [-0.4, -0.2) is 17.1 Å². The summed E-state index contributed by atoms with van der Waals surface area (Å²) >= 11 is 0. The van der Waals surface area contributed by atoms with E-state index in [4.69, 9.17) is 0 Å². The SMILES string of the molecule is O=CC1=C(n2cccc2C=O)C=CC1. The molecule has 0 saturated carbocycles. The number of carbonyl (C=O) groups excluding carboxylic acids is 2. The summed E-state index contributed by atoms with van der Waals surface area (Å²) in [6, 6.07) is 3.50. The molecule has 0 aliphatic heterocycles. The highest BCUT2D eigenvalue weighted by atomic mass is 16.1. The molecule has 0 amide bonds. The lowest BCUT2D eigenvalue weighted by Gasteiger charge is -2.05. The van der Waals surface area contributed by atoms with E-state index in [2.05, 4.69) is 0 Å². The number of hydrogen-bond acceptors (Lipinski definition) is 2. The molecule has 0 spiro atoms. The Hall–Kier alpha value is -1.90. The van der Waals surface area contributed by atoms with E-state index in [9.17, 15) is 9.59 Å². The van der Waals surface area contributed by atoms with E-state index < -0.39 is 0 Å². The van der Waals surface area contributed by atoms with Crippen molar-refractivity contribution in [2.75, 3.05) is 0 Å². The summed E-state index contributed by atoms with van der Waals surface area (Å²) in [5, 5.41) is 0. The molecule has 0 bridgehead atoms. The monoisotopic (exact) mass is 187 g/mol. The number of hydrogen-bond donors (Lipinski definition) is 0. The third-order valence-electron chi connectivity index (χ3n) is 2.25. The predicted molar refractivity (Wildman–Crippen MR) is 52.9 cm³/mol. The zero-order valence-corrected chi connectivity index (χ0v) is 7.51. The molecule has 1 aliphatic carbocycles. The Labute approximate surface area is 81.3 Å². The van der Waals surface area contributed by atoms with Gasteiger partial charge in [-0.1, -0.05) is 6.08 Å². The van der Waals surface area contributed by atoms with Crippen molar-refractivity contribution in [2.24, 2.45) is 0 Å². The Bertz CT molecular complexity index is 438. The van der Waals surface area contributed by atoms with Crippen molar-refractivity contribution in [3.8, 4) is 0 Å². The van der Waals surface area contributed by atoms with Gasteiger partial charge in [-0.25, -0.2) is 0 Å². The smallest absolute Gasteiger partial charge is 0.166 e. The molecule has 0 fully saturated rings. The number of nitrogens with zero attached hydrogens (tertiary/aromatic N) is 1. The van der Waals surface area contributed by atoms with Crippen LogP contribution in [0.1, 0.15) is 16.9 Å². The minimum Gasteiger partial charge on any atom is -0.314 e. The Morgan fingerprint density at radius 2 is 2.14 bits per heavy atom. The summed E-state index contributed by atoms with van der Waals surface area (Å²) in [6.07, 6.45) is 7.81. The van der Waals surface area contributed by atoms with E-state index in [1.54, 1.807) is 22.9 Å². The summed E-state index contributed by atoms with van der Waals surface area (Å²) < 4.78 is 1.72. The molecule has 3 heteroatoms. The second-order valence-electron chi connectivity index (χ2n) is 3.06. The van der Waals surface area contributed by atoms with Crippen molar-refractivity contribution in [3.63, 3.8) is 0 Å². The van der Waals surface area contributed by atoms with Crippen molar-refractivity contribution < 1.29 is 9.59 Å². The molecule has 14 heavy (non-hydrogen) atoms. The fourth-order valence-corrected chi connectivity index (χ4v) is 1.56. The summed E-state index contributed by atoms with van der Waals surface area (Å²) in [7, 11) is 0.